The summed E-state index contributed by atoms with van der Waals surface area (Å²) in [6, 6.07) is 14.7. The smallest absolute Gasteiger partial charge is 0.182 e. The van der Waals surface area contributed by atoms with Crippen molar-refractivity contribution in [3.8, 4) is 0 Å². The van der Waals surface area contributed by atoms with Crippen LogP contribution in [-0.4, -0.2) is 42.5 Å². The third-order valence-electron chi connectivity index (χ3n) is 5.25. The third kappa shape index (κ3) is 3.14. The molecular weight excluding hydrogens is 330 g/mol. The van der Waals surface area contributed by atoms with E-state index in [1.165, 1.54) is 20.9 Å². The number of ketones is 1. The van der Waals surface area contributed by atoms with Crippen LogP contribution in [0.1, 0.15) is 35.3 Å². The lowest BCUT2D eigenvalue weighted by Crippen LogP contribution is -2.54. The van der Waals surface area contributed by atoms with Gasteiger partial charge in [0.15, 0.2) is 5.78 Å². The van der Waals surface area contributed by atoms with Gasteiger partial charge in [-0.25, -0.2) is 0 Å². The van der Waals surface area contributed by atoms with Crippen LogP contribution in [0.3, 0.4) is 0 Å². The lowest BCUT2D eigenvalue weighted by molar-refractivity contribution is -0.00430. The third-order valence-corrected chi connectivity index (χ3v) is 6.49. The Bertz CT molecular complexity index is 809. The number of carbonyl (C=O) groups is 1. The van der Waals surface area contributed by atoms with Crippen molar-refractivity contribution < 1.29 is 9.53 Å². The quantitative estimate of drug-likeness (QED) is 0.665. The van der Waals surface area contributed by atoms with Crippen LogP contribution in [0.5, 0.6) is 0 Å². The molecule has 2 aliphatic heterocycles. The molecule has 25 heavy (non-hydrogen) atoms. The van der Waals surface area contributed by atoms with E-state index in [9.17, 15) is 4.79 Å². The van der Waals surface area contributed by atoms with Crippen LogP contribution in [0.2, 0.25) is 0 Å². The minimum Gasteiger partial charge on any atom is -0.379 e. The molecule has 2 aliphatic rings. The molecular formula is C21H23NO2S. The molecule has 4 heteroatoms. The van der Waals surface area contributed by atoms with Crippen molar-refractivity contribution in [3.63, 3.8) is 0 Å². The van der Waals surface area contributed by atoms with E-state index in [4.69, 9.17) is 4.74 Å². The fraction of sp³-hybridized carbons (Fsp3) is 0.381. The van der Waals surface area contributed by atoms with Gasteiger partial charge in [-0.2, -0.15) is 0 Å². The second-order valence-electron chi connectivity index (χ2n) is 7.20. The first-order valence-electron chi connectivity index (χ1n) is 8.82. The summed E-state index contributed by atoms with van der Waals surface area (Å²) in [5, 5.41) is 0. The van der Waals surface area contributed by atoms with Gasteiger partial charge in [0, 0.05) is 28.4 Å². The summed E-state index contributed by atoms with van der Waals surface area (Å²) < 4.78 is 5.43. The van der Waals surface area contributed by atoms with Gasteiger partial charge in [-0.1, -0.05) is 36.0 Å². The van der Waals surface area contributed by atoms with Crippen molar-refractivity contribution >= 4 is 17.5 Å². The first kappa shape index (κ1) is 16.8. The van der Waals surface area contributed by atoms with E-state index >= 15 is 0 Å². The summed E-state index contributed by atoms with van der Waals surface area (Å²) in [5.41, 5.74) is 2.91. The zero-order valence-corrected chi connectivity index (χ0v) is 15.6. The number of ether oxygens (including phenoxy) is 1. The normalized spacial score (nSPS) is 17.7. The molecule has 0 aromatic heterocycles. The average Bonchev–Trinajstić information content (AvgIpc) is 2.66. The van der Waals surface area contributed by atoms with Gasteiger partial charge >= 0.3 is 0 Å². The number of fused-ring (bicyclic) bond motifs is 2. The van der Waals surface area contributed by atoms with Crippen molar-refractivity contribution in [3.05, 3.63) is 59.2 Å². The second kappa shape index (κ2) is 6.60. The van der Waals surface area contributed by atoms with Crippen molar-refractivity contribution in [2.24, 2.45) is 0 Å². The number of hydrogen-bond acceptors (Lipinski definition) is 4. The number of morpholine rings is 1. The molecule has 0 saturated carbocycles. The highest BCUT2D eigenvalue weighted by atomic mass is 32.2. The van der Waals surface area contributed by atoms with Gasteiger partial charge in [0.05, 0.1) is 18.8 Å². The zero-order valence-electron chi connectivity index (χ0n) is 14.7. The Kier molecular flexibility index (Phi) is 4.44. The largest absolute Gasteiger partial charge is 0.379 e. The summed E-state index contributed by atoms with van der Waals surface area (Å²) >= 11 is 1.80. The lowest BCUT2D eigenvalue weighted by Gasteiger charge is -2.39. The first-order valence-corrected chi connectivity index (χ1v) is 9.63. The molecule has 0 radical (unpaired) electrons. The zero-order chi connectivity index (χ0) is 17.4. The van der Waals surface area contributed by atoms with E-state index in [0.29, 0.717) is 13.2 Å². The second-order valence-corrected chi connectivity index (χ2v) is 8.28. The Morgan fingerprint density at radius 2 is 1.76 bits per heavy atom. The van der Waals surface area contributed by atoms with Crippen molar-refractivity contribution in [2.45, 2.75) is 35.6 Å². The van der Waals surface area contributed by atoms with Crippen LogP contribution in [0, 0.1) is 0 Å². The van der Waals surface area contributed by atoms with Crippen molar-refractivity contribution in [1.82, 2.24) is 4.90 Å². The van der Waals surface area contributed by atoms with Gasteiger partial charge < -0.3 is 4.74 Å². The Hall–Kier alpha value is -1.62. The molecule has 0 atom stereocenters. The molecule has 2 aromatic carbocycles. The van der Waals surface area contributed by atoms with Crippen LogP contribution in [0.25, 0.3) is 0 Å². The molecule has 1 saturated heterocycles. The number of benzene rings is 2. The first-order chi connectivity index (χ1) is 12.1. The molecule has 0 N–H and O–H groups in total. The lowest BCUT2D eigenvalue weighted by atomic mass is 9.89. The van der Waals surface area contributed by atoms with Crippen LogP contribution in [-0.2, 0) is 11.2 Å². The molecule has 0 bridgehead atoms. The van der Waals surface area contributed by atoms with Gasteiger partial charge in [-0.15, -0.1) is 0 Å². The number of hydrogen-bond donors (Lipinski definition) is 0. The monoisotopic (exact) mass is 353 g/mol. The van der Waals surface area contributed by atoms with Gasteiger partial charge in [0.2, 0.25) is 0 Å². The van der Waals surface area contributed by atoms with Gasteiger partial charge in [0.25, 0.3) is 0 Å². The predicted molar refractivity (Wildman–Crippen MR) is 101 cm³/mol. The van der Waals surface area contributed by atoms with Crippen molar-refractivity contribution in [2.75, 3.05) is 26.3 Å². The van der Waals surface area contributed by atoms with Crippen molar-refractivity contribution in [1.29, 1.82) is 0 Å². The van der Waals surface area contributed by atoms with Gasteiger partial charge in [-0.3, -0.25) is 9.69 Å². The topological polar surface area (TPSA) is 29.5 Å². The summed E-state index contributed by atoms with van der Waals surface area (Å²) in [5.74, 6) is 0.195. The molecule has 4 rings (SSSR count). The summed E-state index contributed by atoms with van der Waals surface area (Å²) in [7, 11) is 0. The molecule has 1 fully saturated rings. The van der Waals surface area contributed by atoms with Crippen LogP contribution in [0.4, 0.5) is 0 Å². The molecule has 3 nitrogen and oxygen atoms in total. The number of carbonyl (C=O) groups excluding carboxylic acids is 1. The maximum absolute atomic E-state index is 13.2. The average molecular weight is 353 g/mol. The highest BCUT2D eigenvalue weighted by Crippen LogP contribution is 2.40. The van der Waals surface area contributed by atoms with E-state index in [1.54, 1.807) is 11.8 Å². The highest BCUT2D eigenvalue weighted by Gasteiger charge is 2.36. The van der Waals surface area contributed by atoms with Crippen LogP contribution in [0.15, 0.2) is 52.3 Å². The predicted octanol–water partition coefficient (Wildman–Crippen LogP) is 4.04. The summed E-state index contributed by atoms with van der Waals surface area (Å²) in [6.07, 6.45) is 0.900. The number of nitrogens with zero attached hydrogens (tertiary/aromatic N) is 1. The van der Waals surface area contributed by atoms with Crippen LogP contribution >= 0.6 is 11.8 Å². The fourth-order valence-electron chi connectivity index (χ4n) is 3.65. The molecule has 2 aromatic rings. The fourth-order valence-corrected chi connectivity index (χ4v) is 4.70. The van der Waals surface area contributed by atoms with E-state index < -0.39 is 5.54 Å². The van der Waals surface area contributed by atoms with Gasteiger partial charge in [0.1, 0.15) is 0 Å². The van der Waals surface area contributed by atoms with E-state index in [2.05, 4.69) is 41.3 Å². The maximum atomic E-state index is 13.2. The minimum absolute atomic E-state index is 0.195. The number of Topliss-reactive ketones (excluding diaryl/α,β-unsaturated/α-hetero) is 1. The van der Waals surface area contributed by atoms with E-state index in [1.807, 2.05) is 19.9 Å². The molecule has 0 spiro atoms. The Labute approximate surface area is 153 Å². The van der Waals surface area contributed by atoms with Crippen LogP contribution < -0.4 is 0 Å². The summed E-state index contributed by atoms with van der Waals surface area (Å²) in [4.78, 5) is 18.0. The standard InChI is InChI=1S/C21H23NO2S/c1-21(2,22-9-11-24-12-10-22)20(23)16-7-8-19-17(14-16)13-15-5-3-4-6-18(15)25-19/h3-8,14H,9-13H2,1-2H3. The highest BCUT2D eigenvalue weighted by molar-refractivity contribution is 7.99. The SMILES string of the molecule is CC(C)(C(=O)c1ccc2c(c1)Cc1ccccc1S2)N1CCOCC1. The van der Waals surface area contributed by atoms with E-state index in [0.717, 1.165) is 25.1 Å². The number of rotatable bonds is 3. The molecule has 2 heterocycles. The Morgan fingerprint density at radius 1 is 1.04 bits per heavy atom. The molecule has 0 unspecified atom stereocenters. The Morgan fingerprint density at radius 3 is 2.56 bits per heavy atom. The maximum Gasteiger partial charge on any atom is 0.182 e. The Balaban J connectivity index is 1.61. The van der Waals surface area contributed by atoms with E-state index in [-0.39, 0.29) is 5.78 Å². The molecule has 130 valence electrons. The van der Waals surface area contributed by atoms with Gasteiger partial charge in [-0.05, 0) is 49.6 Å². The molecule has 0 aliphatic carbocycles. The minimum atomic E-state index is -0.502. The summed E-state index contributed by atoms with van der Waals surface area (Å²) in [6.45, 7) is 7.09. The molecule has 0 amide bonds.